The highest BCUT2D eigenvalue weighted by Gasteiger charge is 2.29. The summed E-state index contributed by atoms with van der Waals surface area (Å²) in [5.41, 5.74) is 2.92. The van der Waals surface area contributed by atoms with Gasteiger partial charge in [0.05, 0.1) is 25.7 Å². The molecule has 5 heteroatoms. The molecule has 1 unspecified atom stereocenters. The van der Waals surface area contributed by atoms with Gasteiger partial charge in [-0.1, -0.05) is 30.3 Å². The van der Waals surface area contributed by atoms with Crippen molar-refractivity contribution in [2.75, 3.05) is 19.8 Å². The van der Waals surface area contributed by atoms with Gasteiger partial charge in [-0.3, -0.25) is 4.79 Å². The summed E-state index contributed by atoms with van der Waals surface area (Å²) < 4.78 is 18.8. The van der Waals surface area contributed by atoms with E-state index in [0.717, 1.165) is 22.0 Å². The Balaban J connectivity index is 1.57. The molecular formula is C20H19FN2O2. The lowest BCUT2D eigenvalue weighted by Gasteiger charge is -2.36. The van der Waals surface area contributed by atoms with Gasteiger partial charge in [0.15, 0.2) is 0 Å². The van der Waals surface area contributed by atoms with Crippen molar-refractivity contribution in [3.05, 3.63) is 71.7 Å². The van der Waals surface area contributed by atoms with Crippen LogP contribution in [0.15, 0.2) is 54.7 Å². The first-order valence-corrected chi connectivity index (χ1v) is 8.40. The third kappa shape index (κ3) is 3.15. The number of morpholine rings is 1. The molecule has 1 saturated heterocycles. The van der Waals surface area contributed by atoms with Gasteiger partial charge < -0.3 is 14.6 Å². The molecule has 1 aliphatic heterocycles. The molecule has 1 N–H and O–H groups in total. The van der Waals surface area contributed by atoms with E-state index in [1.165, 1.54) is 12.1 Å². The molecule has 2 aromatic carbocycles. The fourth-order valence-electron chi connectivity index (χ4n) is 3.41. The first-order chi connectivity index (χ1) is 12.2. The molecule has 128 valence electrons. The van der Waals surface area contributed by atoms with E-state index in [0.29, 0.717) is 26.2 Å². The van der Waals surface area contributed by atoms with Crippen LogP contribution >= 0.6 is 0 Å². The third-order valence-corrected chi connectivity index (χ3v) is 4.72. The highest BCUT2D eigenvalue weighted by Crippen LogP contribution is 2.26. The molecule has 1 amide bonds. The van der Waals surface area contributed by atoms with Crippen molar-refractivity contribution in [2.45, 2.75) is 12.5 Å². The number of nitrogens with zero attached hydrogens (tertiary/aromatic N) is 1. The molecule has 0 spiro atoms. The standard InChI is InChI=1S/C20H19FN2O2/c21-16-7-5-14(6-8-16)19-13-25-10-9-23(19)20(24)11-15-12-22-18-4-2-1-3-17(15)18/h1-8,12,19,22H,9-11,13H2. The number of carbonyl (C=O) groups is 1. The first-order valence-electron chi connectivity index (χ1n) is 8.40. The molecule has 4 rings (SSSR count). The summed E-state index contributed by atoms with van der Waals surface area (Å²) in [5.74, 6) is -0.223. The maximum Gasteiger partial charge on any atom is 0.227 e. The second-order valence-electron chi connectivity index (χ2n) is 6.27. The summed E-state index contributed by atoms with van der Waals surface area (Å²) in [5, 5.41) is 1.07. The number of fused-ring (bicyclic) bond motifs is 1. The average molecular weight is 338 g/mol. The van der Waals surface area contributed by atoms with Crippen LogP contribution in [0.5, 0.6) is 0 Å². The van der Waals surface area contributed by atoms with Gasteiger partial charge in [0.1, 0.15) is 5.82 Å². The number of H-pyrrole nitrogens is 1. The number of hydrogen-bond acceptors (Lipinski definition) is 2. The lowest BCUT2D eigenvalue weighted by Crippen LogP contribution is -2.44. The Labute approximate surface area is 145 Å². The number of aromatic amines is 1. The van der Waals surface area contributed by atoms with Crippen LogP contribution in [0.4, 0.5) is 4.39 Å². The molecule has 1 aromatic heterocycles. The van der Waals surface area contributed by atoms with Crippen molar-refractivity contribution >= 4 is 16.8 Å². The zero-order valence-electron chi connectivity index (χ0n) is 13.7. The van der Waals surface area contributed by atoms with Gasteiger partial charge in [-0.05, 0) is 29.3 Å². The number of carbonyl (C=O) groups excluding carboxylic acids is 1. The van der Waals surface area contributed by atoms with Gasteiger partial charge >= 0.3 is 0 Å². The Morgan fingerprint density at radius 2 is 2.00 bits per heavy atom. The van der Waals surface area contributed by atoms with Crippen LogP contribution in [0.2, 0.25) is 0 Å². The second kappa shape index (κ2) is 6.69. The van der Waals surface area contributed by atoms with Crippen molar-refractivity contribution in [1.29, 1.82) is 0 Å². The first kappa shape index (κ1) is 15.8. The quantitative estimate of drug-likeness (QED) is 0.795. The molecule has 0 radical (unpaired) electrons. The fourth-order valence-corrected chi connectivity index (χ4v) is 3.41. The van der Waals surface area contributed by atoms with Gasteiger partial charge in [-0.2, -0.15) is 0 Å². The SMILES string of the molecule is O=C(Cc1c[nH]c2ccccc12)N1CCOCC1c1ccc(F)cc1. The monoisotopic (exact) mass is 338 g/mol. The molecule has 25 heavy (non-hydrogen) atoms. The van der Waals surface area contributed by atoms with Crippen LogP contribution in [-0.4, -0.2) is 35.5 Å². The predicted octanol–water partition coefficient (Wildman–Crippen LogP) is 3.45. The molecule has 0 aliphatic carbocycles. The second-order valence-corrected chi connectivity index (χ2v) is 6.27. The zero-order valence-corrected chi connectivity index (χ0v) is 13.7. The molecule has 1 atom stereocenters. The zero-order chi connectivity index (χ0) is 17.2. The van der Waals surface area contributed by atoms with Crippen LogP contribution in [0.25, 0.3) is 10.9 Å². The molecule has 2 heterocycles. The van der Waals surface area contributed by atoms with Crippen molar-refractivity contribution in [2.24, 2.45) is 0 Å². The number of rotatable bonds is 3. The van der Waals surface area contributed by atoms with E-state index in [9.17, 15) is 9.18 Å². The van der Waals surface area contributed by atoms with Crippen LogP contribution < -0.4 is 0 Å². The normalized spacial score (nSPS) is 17.8. The molecule has 0 bridgehead atoms. The minimum Gasteiger partial charge on any atom is -0.377 e. The fraction of sp³-hybridized carbons (Fsp3) is 0.250. The number of aromatic nitrogens is 1. The summed E-state index contributed by atoms with van der Waals surface area (Å²) in [4.78, 5) is 18.0. The van der Waals surface area contributed by atoms with Crippen molar-refractivity contribution in [3.63, 3.8) is 0 Å². The molecular weight excluding hydrogens is 319 g/mol. The Kier molecular flexibility index (Phi) is 4.24. The van der Waals surface area contributed by atoms with Gasteiger partial charge in [0, 0.05) is 23.6 Å². The number of para-hydroxylation sites is 1. The molecule has 0 saturated carbocycles. The van der Waals surface area contributed by atoms with Gasteiger partial charge in [-0.15, -0.1) is 0 Å². The molecule has 4 nitrogen and oxygen atoms in total. The largest absolute Gasteiger partial charge is 0.377 e. The van der Waals surface area contributed by atoms with Crippen LogP contribution in [-0.2, 0) is 16.0 Å². The van der Waals surface area contributed by atoms with Crippen LogP contribution in [0, 0.1) is 5.82 Å². The Bertz CT molecular complexity index is 888. The van der Waals surface area contributed by atoms with Gasteiger partial charge in [0.25, 0.3) is 0 Å². The van der Waals surface area contributed by atoms with E-state index in [1.807, 2.05) is 35.4 Å². The summed E-state index contributed by atoms with van der Waals surface area (Å²) in [7, 11) is 0. The highest BCUT2D eigenvalue weighted by atomic mass is 19.1. The van der Waals surface area contributed by atoms with Gasteiger partial charge in [-0.25, -0.2) is 4.39 Å². The topological polar surface area (TPSA) is 45.3 Å². The lowest BCUT2D eigenvalue weighted by atomic mass is 10.0. The number of halogens is 1. The predicted molar refractivity (Wildman–Crippen MR) is 93.7 cm³/mol. The Morgan fingerprint density at radius 3 is 2.84 bits per heavy atom. The number of amides is 1. The maximum atomic E-state index is 13.2. The van der Waals surface area contributed by atoms with Crippen molar-refractivity contribution in [1.82, 2.24) is 9.88 Å². The summed E-state index contributed by atoms with van der Waals surface area (Å²) in [6.45, 7) is 1.51. The third-order valence-electron chi connectivity index (χ3n) is 4.72. The summed E-state index contributed by atoms with van der Waals surface area (Å²) in [6, 6.07) is 14.1. The maximum absolute atomic E-state index is 13.2. The Hall–Kier alpha value is -2.66. The number of nitrogens with one attached hydrogen (secondary N) is 1. The number of ether oxygens (including phenoxy) is 1. The highest BCUT2D eigenvalue weighted by molar-refractivity contribution is 5.89. The smallest absolute Gasteiger partial charge is 0.227 e. The van der Waals surface area contributed by atoms with E-state index >= 15 is 0 Å². The molecule has 1 fully saturated rings. The van der Waals surface area contributed by atoms with Crippen LogP contribution in [0.1, 0.15) is 17.2 Å². The van der Waals surface area contributed by atoms with E-state index in [-0.39, 0.29) is 17.8 Å². The minimum atomic E-state index is -0.280. The Morgan fingerprint density at radius 1 is 1.20 bits per heavy atom. The van der Waals surface area contributed by atoms with Crippen LogP contribution in [0.3, 0.4) is 0 Å². The summed E-state index contributed by atoms with van der Waals surface area (Å²) in [6.07, 6.45) is 2.23. The van der Waals surface area contributed by atoms with Crippen molar-refractivity contribution in [3.8, 4) is 0 Å². The lowest BCUT2D eigenvalue weighted by molar-refractivity contribution is -0.139. The van der Waals surface area contributed by atoms with E-state index in [4.69, 9.17) is 4.74 Å². The number of benzene rings is 2. The average Bonchev–Trinajstić information content (AvgIpc) is 3.05. The van der Waals surface area contributed by atoms with Gasteiger partial charge in [0.2, 0.25) is 5.91 Å². The van der Waals surface area contributed by atoms with E-state index in [1.54, 1.807) is 12.1 Å². The molecule has 1 aliphatic rings. The number of hydrogen-bond donors (Lipinski definition) is 1. The minimum absolute atomic E-state index is 0.0578. The van der Waals surface area contributed by atoms with E-state index < -0.39 is 0 Å². The van der Waals surface area contributed by atoms with Crippen molar-refractivity contribution < 1.29 is 13.9 Å². The van der Waals surface area contributed by atoms with E-state index in [2.05, 4.69) is 4.98 Å². The molecule has 3 aromatic rings. The summed E-state index contributed by atoms with van der Waals surface area (Å²) >= 11 is 0.